The molecule has 0 aromatic heterocycles. The Morgan fingerprint density at radius 1 is 0.714 bits per heavy atom. The monoisotopic (exact) mass is 284 g/mol. The number of benzene rings is 2. The third kappa shape index (κ3) is 4.54. The number of hydrogen-bond acceptors (Lipinski definition) is 4. The lowest BCUT2D eigenvalue weighted by atomic mass is 10.2. The van der Waals surface area contributed by atoms with Gasteiger partial charge in [-0.15, -0.1) is 0 Å². The second-order valence-corrected chi connectivity index (χ2v) is 4.06. The highest BCUT2D eigenvalue weighted by Gasteiger charge is 1.98. The molecule has 0 fully saturated rings. The minimum absolute atomic E-state index is 0.179. The highest BCUT2D eigenvalue weighted by atomic mass is 16.8. The summed E-state index contributed by atoms with van der Waals surface area (Å²) in [5.74, 6) is 0.526. The van der Waals surface area contributed by atoms with Crippen LogP contribution in [0.25, 0.3) is 0 Å². The highest BCUT2D eigenvalue weighted by Crippen LogP contribution is 1.99. The predicted octanol–water partition coefficient (Wildman–Crippen LogP) is 1.62. The van der Waals surface area contributed by atoms with Crippen LogP contribution in [0.2, 0.25) is 0 Å². The Bertz CT molecular complexity index is 557. The Morgan fingerprint density at radius 2 is 1.10 bits per heavy atom. The molecule has 0 atom stereocenters. The van der Waals surface area contributed by atoms with E-state index >= 15 is 0 Å². The number of hydrogen-bond donors (Lipinski definition) is 2. The average molecular weight is 284 g/mol. The maximum absolute atomic E-state index is 5.74. The normalized spacial score (nSPS) is 12.0. The number of nitrogens with two attached hydrogens (primary N) is 2. The first-order chi connectivity index (χ1) is 10.3. The van der Waals surface area contributed by atoms with E-state index in [1.807, 2.05) is 60.7 Å². The van der Waals surface area contributed by atoms with Crippen LogP contribution in [0.3, 0.4) is 0 Å². The van der Waals surface area contributed by atoms with Gasteiger partial charge in [-0.1, -0.05) is 71.0 Å². The number of amidine groups is 2. The summed E-state index contributed by atoms with van der Waals surface area (Å²) < 4.78 is 0. The van der Waals surface area contributed by atoms with Crippen LogP contribution < -0.4 is 11.5 Å². The molecule has 6 heteroatoms. The maximum Gasteiger partial charge on any atom is 0.280 e. The molecule has 0 radical (unpaired) electrons. The first-order valence-corrected chi connectivity index (χ1v) is 6.29. The Balaban J connectivity index is 1.80. The van der Waals surface area contributed by atoms with E-state index < -0.39 is 0 Å². The van der Waals surface area contributed by atoms with Crippen molar-refractivity contribution < 1.29 is 9.68 Å². The Kier molecular flexibility index (Phi) is 5.17. The molecule has 2 aromatic rings. The highest BCUT2D eigenvalue weighted by molar-refractivity contribution is 5.97. The summed E-state index contributed by atoms with van der Waals surface area (Å²) in [7, 11) is 0. The number of rotatable bonds is 6. The van der Waals surface area contributed by atoms with Crippen molar-refractivity contribution in [3.63, 3.8) is 0 Å². The van der Waals surface area contributed by atoms with Crippen molar-refractivity contribution in [3.8, 4) is 0 Å². The summed E-state index contributed by atoms with van der Waals surface area (Å²) >= 11 is 0. The molecule has 108 valence electrons. The quantitative estimate of drug-likeness (QED) is 0.277. The van der Waals surface area contributed by atoms with Gasteiger partial charge in [0.1, 0.15) is 0 Å². The van der Waals surface area contributed by atoms with Gasteiger partial charge < -0.3 is 21.1 Å². The standard InChI is InChI=1S/C15H16N4O2/c16-14(12-7-3-1-4-8-12)18-20-11-21-19-15(17)13-9-5-2-6-10-13/h1-10H,11H2,(H2,16,18)(H2,17,19). The van der Waals surface area contributed by atoms with Gasteiger partial charge in [-0.05, 0) is 0 Å². The maximum atomic E-state index is 5.74. The molecule has 0 saturated carbocycles. The molecule has 0 saturated heterocycles. The molecule has 6 nitrogen and oxygen atoms in total. The zero-order valence-corrected chi connectivity index (χ0v) is 11.3. The second kappa shape index (κ2) is 7.54. The van der Waals surface area contributed by atoms with Gasteiger partial charge in [0, 0.05) is 11.1 Å². The summed E-state index contributed by atoms with van der Waals surface area (Å²) in [4.78, 5) is 9.83. The van der Waals surface area contributed by atoms with Crippen molar-refractivity contribution >= 4 is 11.7 Å². The van der Waals surface area contributed by atoms with Crippen LogP contribution in [0, 0.1) is 0 Å². The topological polar surface area (TPSA) is 95.2 Å². The average Bonchev–Trinajstić information content (AvgIpc) is 2.55. The lowest BCUT2D eigenvalue weighted by Gasteiger charge is -2.02. The van der Waals surface area contributed by atoms with E-state index in [2.05, 4.69) is 10.3 Å². The third-order valence-electron chi connectivity index (χ3n) is 2.57. The van der Waals surface area contributed by atoms with Crippen LogP contribution in [0.15, 0.2) is 71.0 Å². The minimum atomic E-state index is -0.179. The van der Waals surface area contributed by atoms with Crippen LogP contribution in [0.4, 0.5) is 0 Å². The van der Waals surface area contributed by atoms with Gasteiger partial charge in [-0.25, -0.2) is 0 Å². The van der Waals surface area contributed by atoms with Gasteiger partial charge in [0.05, 0.1) is 0 Å². The molecule has 0 aliphatic carbocycles. The third-order valence-corrected chi connectivity index (χ3v) is 2.57. The molecular weight excluding hydrogens is 268 g/mol. The number of oxime groups is 2. The van der Waals surface area contributed by atoms with Gasteiger partial charge in [-0.2, -0.15) is 0 Å². The molecule has 4 N–H and O–H groups in total. The molecular formula is C15H16N4O2. The van der Waals surface area contributed by atoms with E-state index in [1.165, 1.54) is 0 Å². The van der Waals surface area contributed by atoms with E-state index in [-0.39, 0.29) is 18.5 Å². The van der Waals surface area contributed by atoms with E-state index in [1.54, 1.807) is 0 Å². The summed E-state index contributed by atoms with van der Waals surface area (Å²) in [5, 5.41) is 7.45. The molecule has 0 bridgehead atoms. The van der Waals surface area contributed by atoms with E-state index in [0.717, 1.165) is 11.1 Å². The van der Waals surface area contributed by atoms with Crippen molar-refractivity contribution in [2.45, 2.75) is 0 Å². The smallest absolute Gasteiger partial charge is 0.280 e. The second-order valence-electron chi connectivity index (χ2n) is 4.06. The first kappa shape index (κ1) is 14.4. The van der Waals surface area contributed by atoms with Crippen LogP contribution in [-0.2, 0) is 9.68 Å². The minimum Gasteiger partial charge on any atom is -0.380 e. The summed E-state index contributed by atoms with van der Waals surface area (Å²) in [6, 6.07) is 18.5. The van der Waals surface area contributed by atoms with Crippen molar-refractivity contribution in [1.82, 2.24) is 0 Å². The van der Waals surface area contributed by atoms with Gasteiger partial charge in [0.2, 0.25) is 0 Å². The van der Waals surface area contributed by atoms with Crippen LogP contribution in [0.5, 0.6) is 0 Å². The van der Waals surface area contributed by atoms with Gasteiger partial charge in [0.15, 0.2) is 11.7 Å². The molecule has 0 aliphatic rings. The van der Waals surface area contributed by atoms with Crippen LogP contribution in [-0.4, -0.2) is 18.5 Å². The van der Waals surface area contributed by atoms with Gasteiger partial charge in [0.25, 0.3) is 6.79 Å². The zero-order chi connectivity index (χ0) is 14.9. The Hall–Kier alpha value is -3.02. The molecule has 2 rings (SSSR count). The van der Waals surface area contributed by atoms with E-state index in [4.69, 9.17) is 21.1 Å². The molecule has 0 amide bonds. The van der Waals surface area contributed by atoms with E-state index in [9.17, 15) is 0 Å². The first-order valence-electron chi connectivity index (χ1n) is 6.29. The largest absolute Gasteiger partial charge is 0.380 e. The van der Waals surface area contributed by atoms with E-state index in [0.29, 0.717) is 0 Å². The van der Waals surface area contributed by atoms with Crippen molar-refractivity contribution in [2.75, 3.05) is 6.79 Å². The fourth-order valence-electron chi connectivity index (χ4n) is 1.54. The van der Waals surface area contributed by atoms with Gasteiger partial charge >= 0.3 is 0 Å². The summed E-state index contributed by atoms with van der Waals surface area (Å²) in [6.07, 6.45) is 0. The zero-order valence-electron chi connectivity index (χ0n) is 11.3. The Labute approximate surface area is 122 Å². The fraction of sp³-hybridized carbons (Fsp3) is 0.0667. The van der Waals surface area contributed by atoms with Gasteiger partial charge in [-0.3, -0.25) is 0 Å². The van der Waals surface area contributed by atoms with Crippen molar-refractivity contribution in [3.05, 3.63) is 71.8 Å². The fourth-order valence-corrected chi connectivity index (χ4v) is 1.54. The molecule has 0 heterocycles. The summed E-state index contributed by atoms with van der Waals surface area (Å²) in [5.41, 5.74) is 13.0. The lowest BCUT2D eigenvalue weighted by Crippen LogP contribution is -2.15. The van der Waals surface area contributed by atoms with Crippen LogP contribution in [0.1, 0.15) is 11.1 Å². The number of nitrogens with zero attached hydrogens (tertiary/aromatic N) is 2. The van der Waals surface area contributed by atoms with Crippen molar-refractivity contribution in [2.24, 2.45) is 21.8 Å². The SMILES string of the molecule is N/C(=N\OCO/N=C(\N)c1ccccc1)c1ccccc1. The van der Waals surface area contributed by atoms with Crippen LogP contribution >= 0.6 is 0 Å². The molecule has 0 spiro atoms. The molecule has 0 unspecified atom stereocenters. The lowest BCUT2D eigenvalue weighted by molar-refractivity contribution is -0.0506. The molecule has 21 heavy (non-hydrogen) atoms. The summed E-state index contributed by atoms with van der Waals surface area (Å²) in [6.45, 7) is -0.179. The molecule has 2 aromatic carbocycles. The molecule has 0 aliphatic heterocycles. The van der Waals surface area contributed by atoms with Crippen molar-refractivity contribution in [1.29, 1.82) is 0 Å². The predicted molar refractivity (Wildman–Crippen MR) is 81.4 cm³/mol. The Morgan fingerprint density at radius 3 is 1.48 bits per heavy atom.